The van der Waals surface area contributed by atoms with Crippen LogP contribution in [-0.4, -0.2) is 36.9 Å². The molecule has 0 aromatic carbocycles. The Morgan fingerprint density at radius 2 is 2.41 bits per heavy atom. The van der Waals surface area contributed by atoms with E-state index >= 15 is 0 Å². The summed E-state index contributed by atoms with van der Waals surface area (Å²) in [6.45, 7) is 2.35. The van der Waals surface area contributed by atoms with Crippen molar-refractivity contribution < 1.29 is 14.6 Å². The van der Waals surface area contributed by atoms with Gasteiger partial charge in [-0.3, -0.25) is 4.79 Å². The Labute approximate surface area is 113 Å². The minimum atomic E-state index is -0.949. The summed E-state index contributed by atoms with van der Waals surface area (Å²) in [5.41, 5.74) is -0.949. The van der Waals surface area contributed by atoms with Crippen molar-refractivity contribution in [3.63, 3.8) is 0 Å². The summed E-state index contributed by atoms with van der Waals surface area (Å²) in [7, 11) is 1.58. The summed E-state index contributed by atoms with van der Waals surface area (Å²) in [5.74, 6) is -0.176. The summed E-state index contributed by atoms with van der Waals surface area (Å²) in [6, 6.07) is 1.82. The van der Waals surface area contributed by atoms with Crippen LogP contribution in [0.5, 0.6) is 0 Å². The normalized spacial score (nSPS) is 14.4. The number of carbonyl (C=O) groups excluding carboxylic acids is 1. The van der Waals surface area contributed by atoms with Gasteiger partial charge in [0, 0.05) is 31.2 Å². The molecule has 1 atom stereocenters. The van der Waals surface area contributed by atoms with Crippen molar-refractivity contribution in [1.29, 1.82) is 0 Å². The Balaban J connectivity index is 2.45. The van der Waals surface area contributed by atoms with Crippen LogP contribution in [0.2, 0.25) is 0 Å². The van der Waals surface area contributed by atoms with E-state index in [1.54, 1.807) is 14.0 Å². The Morgan fingerprint density at radius 3 is 2.94 bits per heavy atom. The zero-order valence-electron chi connectivity index (χ0n) is 9.83. The number of hydrogen-bond donors (Lipinski definition) is 2. The number of amides is 1. The number of hydrogen-bond acceptors (Lipinski definition) is 4. The molecule has 0 bridgehead atoms. The number of rotatable bonds is 6. The van der Waals surface area contributed by atoms with Crippen LogP contribution in [0.1, 0.15) is 23.0 Å². The van der Waals surface area contributed by atoms with Crippen LogP contribution in [0.15, 0.2) is 15.9 Å². The molecule has 0 saturated heterocycles. The monoisotopic (exact) mass is 321 g/mol. The van der Waals surface area contributed by atoms with Crippen LogP contribution in [0.3, 0.4) is 0 Å². The van der Waals surface area contributed by atoms with E-state index in [4.69, 9.17) is 4.74 Å². The number of ether oxygens (including phenoxy) is 1. The topological polar surface area (TPSA) is 58.6 Å². The molecule has 1 aromatic rings. The summed E-state index contributed by atoms with van der Waals surface area (Å²) >= 11 is 4.66. The van der Waals surface area contributed by atoms with Gasteiger partial charge in [0.25, 0.3) is 5.91 Å². The van der Waals surface area contributed by atoms with E-state index in [2.05, 4.69) is 21.2 Å². The first kappa shape index (κ1) is 14.6. The van der Waals surface area contributed by atoms with Gasteiger partial charge in [-0.15, -0.1) is 11.3 Å². The highest BCUT2D eigenvalue weighted by molar-refractivity contribution is 9.10. The standard InChI is InChI=1S/C11H16BrNO3S/c1-11(15,4-5-16-2)7-13-10(14)9-8(12)3-6-17-9/h3,6,15H,4-5,7H2,1-2H3,(H,13,14). The van der Waals surface area contributed by atoms with Crippen molar-refractivity contribution in [2.75, 3.05) is 20.3 Å². The van der Waals surface area contributed by atoms with Crippen LogP contribution in [0.25, 0.3) is 0 Å². The Hall–Kier alpha value is -0.430. The third-order valence-electron chi connectivity index (χ3n) is 2.30. The zero-order valence-corrected chi connectivity index (χ0v) is 12.2. The van der Waals surface area contributed by atoms with Gasteiger partial charge in [0.1, 0.15) is 4.88 Å². The number of halogens is 1. The lowest BCUT2D eigenvalue weighted by molar-refractivity contribution is 0.0244. The first-order chi connectivity index (χ1) is 7.96. The second-order valence-electron chi connectivity index (χ2n) is 4.02. The van der Waals surface area contributed by atoms with Crippen molar-refractivity contribution in [3.05, 3.63) is 20.8 Å². The third-order valence-corrected chi connectivity index (χ3v) is 4.13. The molecule has 1 heterocycles. The van der Waals surface area contributed by atoms with Crippen molar-refractivity contribution in [2.24, 2.45) is 0 Å². The van der Waals surface area contributed by atoms with E-state index in [9.17, 15) is 9.90 Å². The summed E-state index contributed by atoms with van der Waals surface area (Å²) < 4.78 is 5.67. The molecule has 1 aromatic heterocycles. The van der Waals surface area contributed by atoms with Gasteiger partial charge in [-0.2, -0.15) is 0 Å². The average Bonchev–Trinajstić information content (AvgIpc) is 2.70. The van der Waals surface area contributed by atoms with E-state index in [0.29, 0.717) is 17.9 Å². The molecule has 0 spiro atoms. The first-order valence-corrected chi connectivity index (χ1v) is 6.86. The molecular weight excluding hydrogens is 306 g/mol. The minimum Gasteiger partial charge on any atom is -0.388 e. The molecule has 1 unspecified atom stereocenters. The lowest BCUT2D eigenvalue weighted by atomic mass is 10.0. The maximum atomic E-state index is 11.8. The molecule has 0 fully saturated rings. The maximum absolute atomic E-state index is 11.8. The van der Waals surface area contributed by atoms with Crippen molar-refractivity contribution >= 4 is 33.2 Å². The molecule has 1 rings (SSSR count). The lowest BCUT2D eigenvalue weighted by Gasteiger charge is -2.23. The molecule has 0 aliphatic rings. The smallest absolute Gasteiger partial charge is 0.262 e. The minimum absolute atomic E-state index is 0.176. The van der Waals surface area contributed by atoms with Crippen LogP contribution in [-0.2, 0) is 4.74 Å². The second-order valence-corrected chi connectivity index (χ2v) is 5.79. The predicted octanol–water partition coefficient (Wildman–Crippen LogP) is 2.03. The van der Waals surface area contributed by atoms with Crippen LogP contribution in [0, 0.1) is 0 Å². The molecule has 2 N–H and O–H groups in total. The van der Waals surface area contributed by atoms with Gasteiger partial charge in [-0.1, -0.05) is 0 Å². The molecular formula is C11H16BrNO3S. The van der Waals surface area contributed by atoms with Crippen molar-refractivity contribution in [3.8, 4) is 0 Å². The quantitative estimate of drug-likeness (QED) is 0.842. The Kier molecular flexibility index (Phi) is 5.58. The highest BCUT2D eigenvalue weighted by atomic mass is 79.9. The van der Waals surface area contributed by atoms with Crippen LogP contribution < -0.4 is 5.32 Å². The largest absolute Gasteiger partial charge is 0.388 e. The van der Waals surface area contributed by atoms with Crippen LogP contribution in [0.4, 0.5) is 0 Å². The van der Waals surface area contributed by atoms with E-state index in [1.165, 1.54) is 11.3 Å². The fourth-order valence-electron chi connectivity index (χ4n) is 1.22. The molecule has 17 heavy (non-hydrogen) atoms. The number of carbonyl (C=O) groups is 1. The van der Waals surface area contributed by atoms with Gasteiger partial charge in [-0.05, 0) is 34.3 Å². The molecule has 0 aliphatic carbocycles. The molecule has 96 valence electrons. The summed E-state index contributed by atoms with van der Waals surface area (Å²) in [5, 5.41) is 14.5. The van der Waals surface area contributed by atoms with E-state index in [-0.39, 0.29) is 12.5 Å². The van der Waals surface area contributed by atoms with Gasteiger partial charge < -0.3 is 15.2 Å². The highest BCUT2D eigenvalue weighted by Crippen LogP contribution is 2.22. The van der Waals surface area contributed by atoms with Gasteiger partial charge in [0.2, 0.25) is 0 Å². The fourth-order valence-corrected chi connectivity index (χ4v) is 2.68. The van der Waals surface area contributed by atoms with Gasteiger partial charge in [0.05, 0.1) is 5.60 Å². The Bertz CT molecular complexity index is 379. The van der Waals surface area contributed by atoms with Gasteiger partial charge >= 0.3 is 0 Å². The Morgan fingerprint density at radius 1 is 1.71 bits per heavy atom. The lowest BCUT2D eigenvalue weighted by Crippen LogP contribution is -2.41. The average molecular weight is 322 g/mol. The summed E-state index contributed by atoms with van der Waals surface area (Å²) in [6.07, 6.45) is 0.482. The number of methoxy groups -OCH3 is 1. The predicted molar refractivity (Wildman–Crippen MR) is 71.5 cm³/mol. The molecule has 1 amide bonds. The highest BCUT2D eigenvalue weighted by Gasteiger charge is 2.22. The number of thiophene rings is 1. The molecule has 4 nitrogen and oxygen atoms in total. The van der Waals surface area contributed by atoms with Gasteiger partial charge in [-0.25, -0.2) is 0 Å². The maximum Gasteiger partial charge on any atom is 0.262 e. The van der Waals surface area contributed by atoms with Crippen molar-refractivity contribution in [1.82, 2.24) is 5.32 Å². The molecule has 0 saturated carbocycles. The number of nitrogens with one attached hydrogen (secondary N) is 1. The van der Waals surface area contributed by atoms with E-state index in [0.717, 1.165) is 4.47 Å². The third kappa shape index (κ3) is 4.75. The summed E-state index contributed by atoms with van der Waals surface area (Å²) in [4.78, 5) is 12.4. The number of aliphatic hydroxyl groups is 1. The zero-order chi connectivity index (χ0) is 12.9. The fraction of sp³-hybridized carbons (Fsp3) is 0.545. The SMILES string of the molecule is COCCC(C)(O)CNC(=O)c1sccc1Br. The van der Waals surface area contributed by atoms with Gasteiger partial charge in [0.15, 0.2) is 0 Å². The van der Waals surface area contributed by atoms with E-state index in [1.807, 2.05) is 11.4 Å². The van der Waals surface area contributed by atoms with Crippen molar-refractivity contribution in [2.45, 2.75) is 18.9 Å². The second kappa shape index (κ2) is 6.49. The first-order valence-electron chi connectivity index (χ1n) is 5.19. The molecule has 0 radical (unpaired) electrons. The van der Waals surface area contributed by atoms with Crippen LogP contribution >= 0.6 is 27.3 Å². The molecule has 0 aliphatic heterocycles. The molecule has 6 heteroatoms. The van der Waals surface area contributed by atoms with E-state index < -0.39 is 5.60 Å².